The number of halogens is 2. The maximum absolute atomic E-state index is 13.4. The van der Waals surface area contributed by atoms with Gasteiger partial charge in [-0.25, -0.2) is 12.8 Å². The summed E-state index contributed by atoms with van der Waals surface area (Å²) in [7, 11) is -3.70. The summed E-state index contributed by atoms with van der Waals surface area (Å²) in [6, 6.07) is 10.1. The third-order valence-corrected chi connectivity index (χ3v) is 6.08. The van der Waals surface area contributed by atoms with Crippen LogP contribution in [0.15, 0.2) is 47.4 Å². The van der Waals surface area contributed by atoms with Gasteiger partial charge in [0.15, 0.2) is 0 Å². The van der Waals surface area contributed by atoms with E-state index in [2.05, 4.69) is 0 Å². The molecule has 0 N–H and O–H groups in total. The second-order valence-electron chi connectivity index (χ2n) is 5.42. The molecule has 0 spiro atoms. The quantitative estimate of drug-likeness (QED) is 0.829. The van der Waals surface area contributed by atoms with Gasteiger partial charge in [0.2, 0.25) is 0 Å². The van der Waals surface area contributed by atoms with Gasteiger partial charge in [0, 0.05) is 11.1 Å². The molecule has 0 saturated heterocycles. The van der Waals surface area contributed by atoms with Crippen molar-refractivity contribution in [2.75, 3.05) is 4.31 Å². The highest BCUT2D eigenvalue weighted by atomic mass is 35.5. The van der Waals surface area contributed by atoms with Crippen LogP contribution in [-0.4, -0.2) is 14.5 Å². The van der Waals surface area contributed by atoms with E-state index in [1.807, 2.05) is 6.92 Å². The number of fused-ring (bicyclic) bond motifs is 1. The van der Waals surface area contributed by atoms with Crippen LogP contribution >= 0.6 is 11.6 Å². The van der Waals surface area contributed by atoms with Gasteiger partial charge in [-0.1, -0.05) is 11.6 Å². The van der Waals surface area contributed by atoms with E-state index in [4.69, 9.17) is 11.6 Å². The van der Waals surface area contributed by atoms with Crippen molar-refractivity contribution in [3.05, 3.63) is 58.9 Å². The molecule has 2 aromatic rings. The second-order valence-corrected chi connectivity index (χ2v) is 7.67. The summed E-state index contributed by atoms with van der Waals surface area (Å²) in [6.07, 6.45) is 1.32. The van der Waals surface area contributed by atoms with Gasteiger partial charge < -0.3 is 0 Å². The van der Waals surface area contributed by atoms with Gasteiger partial charge in [0.25, 0.3) is 10.0 Å². The SMILES string of the molecule is C[C@@H]1CCc2cc(F)ccc2N1S(=O)(=O)c1ccc(Cl)cc1. The molecule has 0 bridgehead atoms. The number of hydrogen-bond acceptors (Lipinski definition) is 2. The fourth-order valence-electron chi connectivity index (χ4n) is 2.77. The topological polar surface area (TPSA) is 37.4 Å². The molecule has 0 amide bonds. The standard InChI is InChI=1S/C16H15ClFNO2S/c1-11-2-3-12-10-14(18)6-9-16(12)19(11)22(20,21)15-7-4-13(17)5-8-15/h4-11H,2-3H2,1H3/t11-/m1/s1. The number of rotatable bonds is 2. The Balaban J connectivity index is 2.12. The van der Waals surface area contributed by atoms with Crippen LogP contribution in [0.3, 0.4) is 0 Å². The van der Waals surface area contributed by atoms with Crippen LogP contribution in [0, 0.1) is 5.82 Å². The van der Waals surface area contributed by atoms with Crippen LogP contribution in [0.5, 0.6) is 0 Å². The molecule has 6 heteroatoms. The van der Waals surface area contributed by atoms with E-state index in [9.17, 15) is 12.8 Å². The summed E-state index contributed by atoms with van der Waals surface area (Å²) in [5.74, 6) is -0.350. The van der Waals surface area contributed by atoms with E-state index < -0.39 is 10.0 Å². The molecular formula is C16H15ClFNO2S. The van der Waals surface area contributed by atoms with E-state index >= 15 is 0 Å². The summed E-state index contributed by atoms with van der Waals surface area (Å²) < 4.78 is 40.7. The molecule has 1 aliphatic rings. The maximum atomic E-state index is 13.4. The highest BCUT2D eigenvalue weighted by molar-refractivity contribution is 7.92. The van der Waals surface area contributed by atoms with Crippen molar-refractivity contribution in [1.82, 2.24) is 0 Å². The summed E-state index contributed by atoms with van der Waals surface area (Å²) in [6.45, 7) is 1.86. The van der Waals surface area contributed by atoms with Gasteiger partial charge in [-0.2, -0.15) is 0 Å². The number of anilines is 1. The second kappa shape index (κ2) is 5.56. The van der Waals surface area contributed by atoms with Crippen LogP contribution in [0.4, 0.5) is 10.1 Å². The first-order valence-corrected chi connectivity index (χ1v) is 8.80. The maximum Gasteiger partial charge on any atom is 0.264 e. The van der Waals surface area contributed by atoms with Crippen molar-refractivity contribution in [3.63, 3.8) is 0 Å². The van der Waals surface area contributed by atoms with Crippen molar-refractivity contribution in [1.29, 1.82) is 0 Å². The fraction of sp³-hybridized carbons (Fsp3) is 0.250. The van der Waals surface area contributed by atoms with E-state index in [-0.39, 0.29) is 16.8 Å². The van der Waals surface area contributed by atoms with Gasteiger partial charge in [-0.05, 0) is 67.8 Å². The minimum absolute atomic E-state index is 0.181. The van der Waals surface area contributed by atoms with Crippen molar-refractivity contribution in [2.45, 2.75) is 30.7 Å². The zero-order chi connectivity index (χ0) is 15.9. The Morgan fingerprint density at radius 2 is 1.86 bits per heavy atom. The van der Waals surface area contributed by atoms with Gasteiger partial charge in [0.1, 0.15) is 5.82 Å². The number of nitrogens with zero attached hydrogens (tertiary/aromatic N) is 1. The molecule has 0 saturated carbocycles. The first kappa shape index (κ1) is 15.3. The summed E-state index contributed by atoms with van der Waals surface area (Å²) >= 11 is 5.82. The minimum Gasteiger partial charge on any atom is -0.263 e. The van der Waals surface area contributed by atoms with Gasteiger partial charge in [0.05, 0.1) is 10.6 Å². The van der Waals surface area contributed by atoms with Crippen molar-refractivity contribution >= 4 is 27.3 Å². The van der Waals surface area contributed by atoms with E-state index in [1.165, 1.54) is 34.6 Å². The Hall–Kier alpha value is -1.59. The largest absolute Gasteiger partial charge is 0.264 e. The van der Waals surface area contributed by atoms with E-state index in [0.29, 0.717) is 23.6 Å². The van der Waals surface area contributed by atoms with Crippen molar-refractivity contribution < 1.29 is 12.8 Å². The zero-order valence-electron chi connectivity index (χ0n) is 12.0. The molecule has 1 aliphatic heterocycles. The molecule has 22 heavy (non-hydrogen) atoms. The predicted molar refractivity (Wildman–Crippen MR) is 85.3 cm³/mol. The fourth-order valence-corrected chi connectivity index (χ4v) is 4.62. The molecule has 0 aliphatic carbocycles. The van der Waals surface area contributed by atoms with Crippen LogP contribution < -0.4 is 4.31 Å². The lowest BCUT2D eigenvalue weighted by molar-refractivity contribution is 0.560. The van der Waals surface area contributed by atoms with E-state index in [1.54, 1.807) is 12.1 Å². The van der Waals surface area contributed by atoms with Gasteiger partial charge >= 0.3 is 0 Å². The average molecular weight is 340 g/mol. The molecular weight excluding hydrogens is 325 g/mol. The number of sulfonamides is 1. The third kappa shape index (κ3) is 2.59. The Morgan fingerprint density at radius 1 is 1.18 bits per heavy atom. The van der Waals surface area contributed by atoms with Gasteiger partial charge in [-0.3, -0.25) is 4.31 Å². The van der Waals surface area contributed by atoms with Crippen LogP contribution in [0.2, 0.25) is 5.02 Å². The third-order valence-electron chi connectivity index (χ3n) is 3.88. The number of benzene rings is 2. The molecule has 1 atom stereocenters. The monoisotopic (exact) mass is 339 g/mol. The van der Waals surface area contributed by atoms with E-state index in [0.717, 1.165) is 5.56 Å². The first-order chi connectivity index (χ1) is 10.4. The first-order valence-electron chi connectivity index (χ1n) is 6.98. The Kier molecular flexibility index (Phi) is 3.87. The highest BCUT2D eigenvalue weighted by Gasteiger charge is 2.33. The molecule has 3 rings (SSSR count). The predicted octanol–water partition coefficient (Wildman–Crippen LogP) is 4.01. The molecule has 0 unspecified atom stereocenters. The molecule has 3 nitrogen and oxygen atoms in total. The number of aryl methyl sites for hydroxylation is 1. The van der Waals surface area contributed by atoms with Gasteiger partial charge in [-0.15, -0.1) is 0 Å². The zero-order valence-corrected chi connectivity index (χ0v) is 13.5. The lowest BCUT2D eigenvalue weighted by atomic mass is 9.99. The highest BCUT2D eigenvalue weighted by Crippen LogP contribution is 2.35. The molecule has 2 aromatic carbocycles. The molecule has 0 fully saturated rings. The summed E-state index contributed by atoms with van der Waals surface area (Å²) in [5.41, 5.74) is 1.27. The minimum atomic E-state index is -3.70. The lowest BCUT2D eigenvalue weighted by Crippen LogP contribution is -2.42. The normalized spacial score (nSPS) is 18.1. The van der Waals surface area contributed by atoms with Crippen LogP contribution in [0.25, 0.3) is 0 Å². The number of hydrogen-bond donors (Lipinski definition) is 0. The van der Waals surface area contributed by atoms with Crippen molar-refractivity contribution in [3.8, 4) is 0 Å². The average Bonchev–Trinajstić information content (AvgIpc) is 2.47. The molecule has 0 aromatic heterocycles. The van der Waals surface area contributed by atoms with Crippen LogP contribution in [-0.2, 0) is 16.4 Å². The molecule has 1 heterocycles. The Bertz CT molecular complexity index is 805. The van der Waals surface area contributed by atoms with Crippen molar-refractivity contribution in [2.24, 2.45) is 0 Å². The smallest absolute Gasteiger partial charge is 0.263 e. The Labute approximate surface area is 134 Å². The van der Waals surface area contributed by atoms with Crippen LogP contribution in [0.1, 0.15) is 18.9 Å². The summed E-state index contributed by atoms with van der Waals surface area (Å²) in [4.78, 5) is 0.181. The lowest BCUT2D eigenvalue weighted by Gasteiger charge is -2.36. The molecule has 0 radical (unpaired) electrons. The molecule has 116 valence electrons. The Morgan fingerprint density at radius 3 is 2.55 bits per heavy atom. The summed E-state index contributed by atoms with van der Waals surface area (Å²) in [5, 5.41) is 0.480.